The molecule has 2 aromatic rings. The largest absolute Gasteiger partial charge is 0.326 e. The highest BCUT2D eigenvalue weighted by atomic mass is 35.5. The maximum absolute atomic E-state index is 12.4. The molecule has 0 spiro atoms. The molecule has 0 aliphatic carbocycles. The van der Waals surface area contributed by atoms with Crippen LogP contribution in [0.1, 0.15) is 26.7 Å². The number of nitrogens with zero attached hydrogens (tertiary/aromatic N) is 4. The number of carbonyl (C=O) groups excluding carboxylic acids is 1. The van der Waals surface area contributed by atoms with E-state index in [1.807, 2.05) is 31.2 Å². The van der Waals surface area contributed by atoms with Crippen LogP contribution in [0.3, 0.4) is 0 Å². The molecule has 1 aliphatic heterocycles. The quantitative estimate of drug-likeness (QED) is 0.882. The van der Waals surface area contributed by atoms with Gasteiger partial charge in [-0.1, -0.05) is 12.1 Å². The van der Waals surface area contributed by atoms with Gasteiger partial charge in [0.15, 0.2) is 5.82 Å². The Morgan fingerprint density at radius 1 is 1.46 bits per heavy atom. The molecule has 3 rings (SSSR count). The summed E-state index contributed by atoms with van der Waals surface area (Å²) in [6.45, 7) is 5.70. The van der Waals surface area contributed by atoms with E-state index in [0.717, 1.165) is 30.6 Å². The van der Waals surface area contributed by atoms with Crippen LogP contribution >= 0.6 is 12.4 Å². The number of hydrogen-bond acceptors (Lipinski definition) is 5. The van der Waals surface area contributed by atoms with Crippen LogP contribution in [-0.2, 0) is 11.3 Å². The fourth-order valence-corrected chi connectivity index (χ4v) is 2.97. The Morgan fingerprint density at radius 2 is 2.29 bits per heavy atom. The van der Waals surface area contributed by atoms with Gasteiger partial charge in [-0.05, 0) is 55.8 Å². The summed E-state index contributed by atoms with van der Waals surface area (Å²) in [5.74, 6) is 0.862. The lowest BCUT2D eigenvalue weighted by molar-refractivity contribution is -0.120. The predicted molar refractivity (Wildman–Crippen MR) is 95.0 cm³/mol. The van der Waals surface area contributed by atoms with Gasteiger partial charge < -0.3 is 10.6 Å². The first-order valence-corrected chi connectivity index (χ1v) is 8.08. The molecule has 130 valence electrons. The summed E-state index contributed by atoms with van der Waals surface area (Å²) in [5.41, 5.74) is 1.68. The van der Waals surface area contributed by atoms with Crippen LogP contribution in [-0.4, -0.2) is 38.7 Å². The second-order valence-electron chi connectivity index (χ2n) is 5.96. The molecule has 0 unspecified atom stereocenters. The van der Waals surface area contributed by atoms with Crippen LogP contribution in [0.25, 0.3) is 11.4 Å². The molecule has 1 saturated heterocycles. The van der Waals surface area contributed by atoms with Gasteiger partial charge in [0.05, 0.1) is 0 Å². The van der Waals surface area contributed by atoms with Gasteiger partial charge in [0.2, 0.25) is 5.91 Å². The van der Waals surface area contributed by atoms with Crippen LogP contribution in [0.15, 0.2) is 24.3 Å². The molecule has 2 atom stereocenters. The lowest BCUT2D eigenvalue weighted by atomic mass is 9.92. The standard InChI is InChI=1S/C16H22N6O.ClH/c1-3-22-15(19-20-21-22)12-5-4-6-14(10-12)18-16(23)13-7-8-17-11(2)9-13;/h4-6,10-11,13,17H,3,7-9H2,1-2H3,(H,18,23);1H/t11-,13-;/m0./s1. The van der Waals surface area contributed by atoms with Gasteiger partial charge in [-0.15, -0.1) is 17.5 Å². The van der Waals surface area contributed by atoms with Crippen molar-refractivity contribution in [3.63, 3.8) is 0 Å². The number of halogens is 1. The lowest BCUT2D eigenvalue weighted by Gasteiger charge is -2.27. The molecule has 24 heavy (non-hydrogen) atoms. The normalized spacial score (nSPS) is 20.2. The molecule has 0 saturated carbocycles. The minimum atomic E-state index is 0. The number of carbonyl (C=O) groups is 1. The summed E-state index contributed by atoms with van der Waals surface area (Å²) in [7, 11) is 0. The molecule has 1 fully saturated rings. The second kappa shape index (κ2) is 8.21. The molecule has 1 aliphatic rings. The molecular weight excluding hydrogens is 328 g/mol. The average molecular weight is 351 g/mol. The Hall–Kier alpha value is -1.99. The second-order valence-corrected chi connectivity index (χ2v) is 5.96. The van der Waals surface area contributed by atoms with Crippen molar-refractivity contribution in [2.75, 3.05) is 11.9 Å². The van der Waals surface area contributed by atoms with E-state index in [0.29, 0.717) is 18.4 Å². The Morgan fingerprint density at radius 3 is 3.04 bits per heavy atom. The number of anilines is 1. The maximum atomic E-state index is 12.4. The van der Waals surface area contributed by atoms with E-state index in [9.17, 15) is 4.79 Å². The number of amides is 1. The average Bonchev–Trinajstić information content (AvgIpc) is 3.04. The van der Waals surface area contributed by atoms with Crippen molar-refractivity contribution >= 4 is 24.0 Å². The first-order chi connectivity index (χ1) is 11.2. The zero-order chi connectivity index (χ0) is 16.2. The van der Waals surface area contributed by atoms with Gasteiger partial charge in [0.25, 0.3) is 0 Å². The number of tetrazole rings is 1. The third-order valence-corrected chi connectivity index (χ3v) is 4.21. The summed E-state index contributed by atoms with van der Waals surface area (Å²) in [6.07, 6.45) is 1.75. The number of aromatic nitrogens is 4. The summed E-state index contributed by atoms with van der Waals surface area (Å²) >= 11 is 0. The Balaban J connectivity index is 0.00000208. The first-order valence-electron chi connectivity index (χ1n) is 8.08. The molecule has 2 heterocycles. The molecule has 0 radical (unpaired) electrons. The first kappa shape index (κ1) is 18.4. The van der Waals surface area contributed by atoms with Gasteiger partial charge >= 0.3 is 0 Å². The molecule has 2 N–H and O–H groups in total. The molecule has 8 heteroatoms. The summed E-state index contributed by atoms with van der Waals surface area (Å²) in [6, 6.07) is 8.05. The topological polar surface area (TPSA) is 84.7 Å². The van der Waals surface area contributed by atoms with Crippen LogP contribution in [0.4, 0.5) is 5.69 Å². The maximum Gasteiger partial charge on any atom is 0.227 e. The van der Waals surface area contributed by atoms with Crippen molar-refractivity contribution in [1.82, 2.24) is 25.5 Å². The number of rotatable bonds is 4. The summed E-state index contributed by atoms with van der Waals surface area (Å²) in [5, 5.41) is 18.1. The third kappa shape index (κ3) is 4.10. The van der Waals surface area contributed by atoms with Crippen molar-refractivity contribution in [3.05, 3.63) is 24.3 Å². The minimum Gasteiger partial charge on any atom is -0.326 e. The van der Waals surface area contributed by atoms with Gasteiger partial charge in [-0.3, -0.25) is 4.79 Å². The molecule has 0 bridgehead atoms. The van der Waals surface area contributed by atoms with E-state index in [1.54, 1.807) is 4.68 Å². The van der Waals surface area contributed by atoms with Crippen LogP contribution in [0, 0.1) is 5.92 Å². The summed E-state index contributed by atoms with van der Waals surface area (Å²) in [4.78, 5) is 12.4. The predicted octanol–water partition coefficient (Wildman–Crippen LogP) is 2.11. The van der Waals surface area contributed by atoms with Crippen molar-refractivity contribution in [2.45, 2.75) is 39.3 Å². The fourth-order valence-electron chi connectivity index (χ4n) is 2.97. The van der Waals surface area contributed by atoms with Crippen molar-refractivity contribution in [3.8, 4) is 11.4 Å². The molecule has 1 aromatic carbocycles. The number of benzene rings is 1. The minimum absolute atomic E-state index is 0. The van der Waals surface area contributed by atoms with Crippen LogP contribution in [0.5, 0.6) is 0 Å². The SMILES string of the molecule is CCn1nnnc1-c1cccc(NC(=O)[C@H]2CCN[C@@H](C)C2)c1.Cl. The highest BCUT2D eigenvalue weighted by Gasteiger charge is 2.24. The van der Waals surface area contributed by atoms with E-state index >= 15 is 0 Å². The molecular formula is C16H23ClN6O. The van der Waals surface area contributed by atoms with Gasteiger partial charge in [0.1, 0.15) is 0 Å². The van der Waals surface area contributed by atoms with Gasteiger partial charge in [-0.25, -0.2) is 4.68 Å². The number of aryl methyl sites for hydroxylation is 1. The third-order valence-electron chi connectivity index (χ3n) is 4.21. The van der Waals surface area contributed by atoms with E-state index in [1.165, 1.54) is 0 Å². The highest BCUT2D eigenvalue weighted by molar-refractivity contribution is 5.93. The Labute approximate surface area is 147 Å². The van der Waals surface area contributed by atoms with Crippen molar-refractivity contribution < 1.29 is 4.79 Å². The van der Waals surface area contributed by atoms with Crippen LogP contribution < -0.4 is 10.6 Å². The monoisotopic (exact) mass is 350 g/mol. The van der Waals surface area contributed by atoms with Gasteiger partial charge in [-0.2, -0.15) is 0 Å². The Bertz CT molecular complexity index is 689. The number of piperidine rings is 1. The number of hydrogen-bond donors (Lipinski definition) is 2. The van der Waals surface area contributed by atoms with Gasteiger partial charge in [0, 0.05) is 29.8 Å². The van der Waals surface area contributed by atoms with E-state index in [4.69, 9.17) is 0 Å². The van der Waals surface area contributed by atoms with Crippen LogP contribution in [0.2, 0.25) is 0 Å². The lowest BCUT2D eigenvalue weighted by Crippen LogP contribution is -2.40. The molecule has 1 amide bonds. The van der Waals surface area contributed by atoms with E-state index < -0.39 is 0 Å². The van der Waals surface area contributed by atoms with Crippen molar-refractivity contribution in [2.24, 2.45) is 5.92 Å². The fraction of sp³-hybridized carbons (Fsp3) is 0.500. The zero-order valence-electron chi connectivity index (χ0n) is 13.9. The van der Waals surface area contributed by atoms with E-state index in [2.05, 4.69) is 33.1 Å². The smallest absolute Gasteiger partial charge is 0.227 e. The van der Waals surface area contributed by atoms with Crippen molar-refractivity contribution in [1.29, 1.82) is 0 Å². The summed E-state index contributed by atoms with van der Waals surface area (Å²) < 4.78 is 1.73. The number of nitrogens with one attached hydrogen (secondary N) is 2. The highest BCUT2D eigenvalue weighted by Crippen LogP contribution is 2.22. The Kier molecular flexibility index (Phi) is 6.28. The zero-order valence-corrected chi connectivity index (χ0v) is 14.7. The van der Waals surface area contributed by atoms with E-state index in [-0.39, 0.29) is 24.2 Å². The molecule has 1 aromatic heterocycles. The molecule has 7 nitrogen and oxygen atoms in total.